The SMILES string of the molecule is CCCN=CC=C(N)c1ccc(OCc2c(OC)cccc2N(C)N)c(C)c1. The molecule has 28 heavy (non-hydrogen) atoms. The molecule has 0 atom stereocenters. The minimum Gasteiger partial charge on any atom is -0.496 e. The summed E-state index contributed by atoms with van der Waals surface area (Å²) in [4.78, 5) is 4.26. The smallest absolute Gasteiger partial charge is 0.127 e. The highest BCUT2D eigenvalue weighted by molar-refractivity contribution is 5.83. The van der Waals surface area contributed by atoms with Gasteiger partial charge in [0, 0.05) is 25.5 Å². The molecule has 0 bridgehead atoms. The Hall–Kier alpha value is -2.99. The zero-order valence-electron chi connectivity index (χ0n) is 17.1. The highest BCUT2D eigenvalue weighted by atomic mass is 16.5. The van der Waals surface area contributed by atoms with Crippen LogP contribution in [-0.4, -0.2) is 26.9 Å². The molecule has 0 aliphatic heterocycles. The third kappa shape index (κ3) is 5.50. The number of aliphatic imine (C=N–C) groups is 1. The molecule has 0 saturated heterocycles. The van der Waals surface area contributed by atoms with Crippen LogP contribution in [0.2, 0.25) is 0 Å². The van der Waals surface area contributed by atoms with Gasteiger partial charge < -0.3 is 20.2 Å². The standard InChI is InChI=1S/C22H30N4O2/c1-5-12-25-13-11-19(23)17-9-10-21(16(2)14-17)28-15-18-20(26(3)24)7-6-8-22(18)27-4/h6-11,13-14H,5,12,15,23-24H2,1-4H3. The van der Waals surface area contributed by atoms with Crippen LogP contribution in [0.4, 0.5) is 5.69 Å². The lowest BCUT2D eigenvalue weighted by Gasteiger charge is -2.20. The van der Waals surface area contributed by atoms with E-state index >= 15 is 0 Å². The summed E-state index contributed by atoms with van der Waals surface area (Å²) in [5.41, 5.74) is 10.5. The van der Waals surface area contributed by atoms with E-state index < -0.39 is 0 Å². The molecule has 4 N–H and O–H groups in total. The molecule has 0 amide bonds. The van der Waals surface area contributed by atoms with E-state index in [0.29, 0.717) is 12.3 Å². The molecule has 0 aliphatic carbocycles. The predicted molar refractivity (Wildman–Crippen MR) is 117 cm³/mol. The van der Waals surface area contributed by atoms with Crippen LogP contribution in [0.25, 0.3) is 5.70 Å². The van der Waals surface area contributed by atoms with Crippen LogP contribution in [0.5, 0.6) is 11.5 Å². The largest absolute Gasteiger partial charge is 0.496 e. The molecule has 2 rings (SSSR count). The van der Waals surface area contributed by atoms with Crippen molar-refractivity contribution in [2.45, 2.75) is 26.9 Å². The fraction of sp³-hybridized carbons (Fsp3) is 0.318. The molecular formula is C22H30N4O2. The van der Waals surface area contributed by atoms with Gasteiger partial charge in [-0.15, -0.1) is 0 Å². The fourth-order valence-corrected chi connectivity index (χ4v) is 2.79. The van der Waals surface area contributed by atoms with Gasteiger partial charge in [0.15, 0.2) is 0 Å². The highest BCUT2D eigenvalue weighted by Gasteiger charge is 2.13. The third-order valence-electron chi connectivity index (χ3n) is 4.30. The van der Waals surface area contributed by atoms with Crippen molar-refractivity contribution in [2.75, 3.05) is 25.7 Å². The van der Waals surface area contributed by atoms with Gasteiger partial charge in [0.25, 0.3) is 0 Å². The first-order valence-corrected chi connectivity index (χ1v) is 9.31. The molecule has 6 heteroatoms. The van der Waals surface area contributed by atoms with Crippen LogP contribution < -0.4 is 26.1 Å². The van der Waals surface area contributed by atoms with E-state index in [4.69, 9.17) is 21.1 Å². The summed E-state index contributed by atoms with van der Waals surface area (Å²) >= 11 is 0. The lowest BCUT2D eigenvalue weighted by Crippen LogP contribution is -2.26. The first-order chi connectivity index (χ1) is 13.5. The molecule has 0 heterocycles. The second-order valence-electron chi connectivity index (χ2n) is 6.52. The number of hydrazine groups is 1. The number of benzene rings is 2. The number of allylic oxidation sites excluding steroid dienone is 1. The zero-order chi connectivity index (χ0) is 20.5. The van der Waals surface area contributed by atoms with Crippen molar-refractivity contribution in [2.24, 2.45) is 16.6 Å². The van der Waals surface area contributed by atoms with Crippen LogP contribution >= 0.6 is 0 Å². The van der Waals surface area contributed by atoms with Gasteiger partial charge >= 0.3 is 0 Å². The molecule has 0 aromatic heterocycles. The van der Waals surface area contributed by atoms with Gasteiger partial charge in [-0.3, -0.25) is 4.99 Å². The normalized spacial score (nSPS) is 11.7. The molecule has 0 saturated carbocycles. The Morgan fingerprint density at radius 2 is 2.00 bits per heavy atom. The van der Waals surface area contributed by atoms with Crippen molar-refractivity contribution in [1.29, 1.82) is 0 Å². The number of nitrogens with two attached hydrogens (primary N) is 2. The quantitative estimate of drug-likeness (QED) is 0.393. The number of hydrogen-bond donors (Lipinski definition) is 2. The van der Waals surface area contributed by atoms with Gasteiger partial charge in [0.05, 0.1) is 18.4 Å². The second-order valence-corrected chi connectivity index (χ2v) is 6.52. The predicted octanol–water partition coefficient (Wildman–Crippen LogP) is 3.67. The van der Waals surface area contributed by atoms with E-state index in [-0.39, 0.29) is 0 Å². The van der Waals surface area contributed by atoms with Crippen molar-refractivity contribution in [3.8, 4) is 11.5 Å². The molecule has 0 unspecified atom stereocenters. The van der Waals surface area contributed by atoms with E-state index in [1.807, 2.05) is 49.4 Å². The molecule has 0 radical (unpaired) electrons. The number of rotatable bonds is 9. The monoisotopic (exact) mass is 382 g/mol. The highest BCUT2D eigenvalue weighted by Crippen LogP contribution is 2.30. The third-order valence-corrected chi connectivity index (χ3v) is 4.30. The van der Waals surface area contributed by atoms with Gasteiger partial charge in [0.2, 0.25) is 0 Å². The van der Waals surface area contributed by atoms with Gasteiger partial charge in [-0.05, 0) is 60.9 Å². The summed E-state index contributed by atoms with van der Waals surface area (Å²) in [6, 6.07) is 11.6. The average Bonchev–Trinajstić information content (AvgIpc) is 2.69. The summed E-state index contributed by atoms with van der Waals surface area (Å²) in [7, 11) is 3.43. The van der Waals surface area contributed by atoms with E-state index in [9.17, 15) is 0 Å². The Morgan fingerprint density at radius 3 is 2.64 bits per heavy atom. The summed E-state index contributed by atoms with van der Waals surface area (Å²) in [6.07, 6.45) is 4.59. The molecule has 150 valence electrons. The van der Waals surface area contributed by atoms with Gasteiger partial charge in [0.1, 0.15) is 18.1 Å². The Morgan fingerprint density at radius 1 is 1.21 bits per heavy atom. The number of nitrogens with zero attached hydrogens (tertiary/aromatic N) is 2. The number of ether oxygens (including phenoxy) is 2. The molecular weight excluding hydrogens is 352 g/mol. The second kappa shape index (κ2) is 10.4. The van der Waals surface area contributed by atoms with Crippen LogP contribution in [0.1, 0.15) is 30.0 Å². The first kappa shape index (κ1) is 21.3. The van der Waals surface area contributed by atoms with E-state index in [1.165, 1.54) is 0 Å². The molecule has 2 aromatic rings. The Balaban J connectivity index is 2.17. The summed E-state index contributed by atoms with van der Waals surface area (Å²) < 4.78 is 11.5. The van der Waals surface area contributed by atoms with Crippen molar-refractivity contribution in [3.63, 3.8) is 0 Å². The summed E-state index contributed by atoms with van der Waals surface area (Å²) in [5, 5.41) is 1.56. The Kier molecular flexibility index (Phi) is 7.89. The minimum atomic E-state index is 0.343. The molecule has 6 nitrogen and oxygen atoms in total. The van der Waals surface area contributed by atoms with Crippen LogP contribution in [0.3, 0.4) is 0 Å². The van der Waals surface area contributed by atoms with E-state index in [2.05, 4.69) is 11.9 Å². The molecule has 0 aliphatic rings. The average molecular weight is 383 g/mol. The molecule has 0 fully saturated rings. The van der Waals surface area contributed by atoms with Crippen molar-refractivity contribution in [1.82, 2.24) is 0 Å². The lowest BCUT2D eigenvalue weighted by molar-refractivity contribution is 0.295. The van der Waals surface area contributed by atoms with Gasteiger partial charge in [-0.1, -0.05) is 13.0 Å². The summed E-state index contributed by atoms with van der Waals surface area (Å²) in [6.45, 7) is 5.23. The number of methoxy groups -OCH3 is 1. The van der Waals surface area contributed by atoms with Crippen molar-refractivity contribution < 1.29 is 9.47 Å². The molecule has 2 aromatic carbocycles. The van der Waals surface area contributed by atoms with Gasteiger partial charge in [-0.25, -0.2) is 5.84 Å². The summed E-state index contributed by atoms with van der Waals surface area (Å²) in [5.74, 6) is 7.46. The molecule has 0 spiro atoms. The maximum Gasteiger partial charge on any atom is 0.127 e. The number of anilines is 1. The zero-order valence-corrected chi connectivity index (χ0v) is 17.1. The van der Waals surface area contributed by atoms with E-state index in [0.717, 1.165) is 46.8 Å². The van der Waals surface area contributed by atoms with Crippen LogP contribution in [-0.2, 0) is 6.61 Å². The maximum atomic E-state index is 6.15. The van der Waals surface area contributed by atoms with Crippen LogP contribution in [0, 0.1) is 6.92 Å². The van der Waals surface area contributed by atoms with E-state index in [1.54, 1.807) is 25.4 Å². The first-order valence-electron chi connectivity index (χ1n) is 9.31. The van der Waals surface area contributed by atoms with Crippen molar-refractivity contribution >= 4 is 17.6 Å². The van der Waals surface area contributed by atoms with Gasteiger partial charge in [-0.2, -0.15) is 0 Å². The minimum absolute atomic E-state index is 0.343. The lowest BCUT2D eigenvalue weighted by atomic mass is 10.1. The fourth-order valence-electron chi connectivity index (χ4n) is 2.79. The number of hydrogen-bond acceptors (Lipinski definition) is 6. The number of aryl methyl sites for hydroxylation is 1. The Labute approximate surface area is 167 Å². The van der Waals surface area contributed by atoms with Crippen molar-refractivity contribution in [3.05, 3.63) is 59.2 Å². The van der Waals surface area contributed by atoms with Crippen LogP contribution in [0.15, 0.2) is 47.5 Å². The topological polar surface area (TPSA) is 86.1 Å². The Bertz CT molecular complexity index is 844. The maximum absolute atomic E-state index is 6.15.